The third kappa shape index (κ3) is 3.48. The maximum Gasteiger partial charge on any atom is 0.135 e. The molecule has 19 heavy (non-hydrogen) atoms. The zero-order valence-electron chi connectivity index (χ0n) is 11.0. The van der Waals surface area contributed by atoms with Gasteiger partial charge in [-0.05, 0) is 30.7 Å². The minimum Gasteiger partial charge on any atom is -0.496 e. The largest absolute Gasteiger partial charge is 0.496 e. The van der Waals surface area contributed by atoms with Gasteiger partial charge in [-0.15, -0.1) is 12.4 Å². The summed E-state index contributed by atoms with van der Waals surface area (Å²) >= 11 is 0. The molecule has 0 spiro atoms. The van der Waals surface area contributed by atoms with Crippen LogP contribution in [0.4, 0.5) is 5.69 Å². The Balaban J connectivity index is 0.00000180. The lowest BCUT2D eigenvalue weighted by Crippen LogP contribution is -2.14. The number of ether oxygens (including phenoxy) is 1. The summed E-state index contributed by atoms with van der Waals surface area (Å²) in [4.78, 5) is 4.45. The van der Waals surface area contributed by atoms with Gasteiger partial charge >= 0.3 is 0 Å². The summed E-state index contributed by atoms with van der Waals surface area (Å²) in [5, 5.41) is 0. The van der Waals surface area contributed by atoms with Crippen molar-refractivity contribution in [3.05, 3.63) is 59.7 Å². The smallest absolute Gasteiger partial charge is 0.135 e. The number of methoxy groups -OCH3 is 1. The Morgan fingerprint density at radius 1 is 1.05 bits per heavy atom. The minimum absolute atomic E-state index is 0. The predicted molar refractivity (Wildman–Crippen MR) is 81.8 cm³/mol. The standard InChI is InChI=1S/C15H16N2O.ClH/c1-11-7-3-5-9-13(11)17-15(16)12-8-4-6-10-14(12)18-2;/h3-10H,1-2H3,(H2,16,17);1H. The number of halogens is 1. The molecule has 0 radical (unpaired) electrons. The maximum absolute atomic E-state index is 6.04. The summed E-state index contributed by atoms with van der Waals surface area (Å²) in [6.45, 7) is 2.01. The van der Waals surface area contributed by atoms with E-state index in [0.717, 1.165) is 22.6 Å². The molecule has 0 saturated carbocycles. The first-order valence-corrected chi connectivity index (χ1v) is 5.75. The van der Waals surface area contributed by atoms with Crippen LogP contribution in [-0.4, -0.2) is 12.9 Å². The molecule has 4 heteroatoms. The van der Waals surface area contributed by atoms with Crippen molar-refractivity contribution >= 4 is 23.9 Å². The Morgan fingerprint density at radius 3 is 2.37 bits per heavy atom. The van der Waals surface area contributed by atoms with Gasteiger partial charge in [0.25, 0.3) is 0 Å². The van der Waals surface area contributed by atoms with E-state index in [-0.39, 0.29) is 12.4 Å². The SMILES string of the molecule is COc1ccccc1C(N)=Nc1ccccc1C.Cl. The van der Waals surface area contributed by atoms with Crippen LogP contribution in [0, 0.1) is 6.92 Å². The van der Waals surface area contributed by atoms with Gasteiger partial charge in [0.15, 0.2) is 0 Å². The minimum atomic E-state index is 0. The van der Waals surface area contributed by atoms with Crippen LogP contribution in [0.25, 0.3) is 0 Å². The molecular formula is C15H17ClN2O. The Hall–Kier alpha value is -2.00. The fourth-order valence-corrected chi connectivity index (χ4v) is 1.74. The van der Waals surface area contributed by atoms with Gasteiger partial charge in [-0.3, -0.25) is 0 Å². The lowest BCUT2D eigenvalue weighted by Gasteiger charge is -2.08. The zero-order chi connectivity index (χ0) is 13.0. The summed E-state index contributed by atoms with van der Waals surface area (Å²) in [7, 11) is 1.62. The van der Waals surface area contributed by atoms with E-state index in [1.54, 1.807) is 7.11 Å². The fraction of sp³-hybridized carbons (Fsp3) is 0.133. The molecular weight excluding hydrogens is 260 g/mol. The van der Waals surface area contributed by atoms with Crippen LogP contribution >= 0.6 is 12.4 Å². The second kappa shape index (κ2) is 6.81. The molecule has 0 heterocycles. The number of benzene rings is 2. The molecule has 0 fully saturated rings. The topological polar surface area (TPSA) is 47.6 Å². The van der Waals surface area contributed by atoms with Gasteiger partial charge < -0.3 is 10.5 Å². The number of nitrogens with two attached hydrogens (primary N) is 1. The van der Waals surface area contributed by atoms with Gasteiger partial charge in [0.05, 0.1) is 18.4 Å². The van der Waals surface area contributed by atoms with Crippen LogP contribution in [-0.2, 0) is 0 Å². The average molecular weight is 277 g/mol. The normalized spacial score (nSPS) is 10.7. The van der Waals surface area contributed by atoms with Gasteiger partial charge in [-0.25, -0.2) is 4.99 Å². The second-order valence-corrected chi connectivity index (χ2v) is 3.98. The van der Waals surface area contributed by atoms with Crippen molar-refractivity contribution < 1.29 is 4.74 Å². The average Bonchev–Trinajstić information content (AvgIpc) is 2.41. The van der Waals surface area contributed by atoms with Crippen molar-refractivity contribution in [1.82, 2.24) is 0 Å². The van der Waals surface area contributed by atoms with Gasteiger partial charge in [-0.2, -0.15) is 0 Å². The van der Waals surface area contributed by atoms with Crippen molar-refractivity contribution in [3.8, 4) is 5.75 Å². The fourth-order valence-electron chi connectivity index (χ4n) is 1.74. The highest BCUT2D eigenvalue weighted by Gasteiger charge is 2.06. The molecule has 0 amide bonds. The molecule has 0 aromatic heterocycles. The van der Waals surface area contributed by atoms with Crippen LogP contribution in [0.2, 0.25) is 0 Å². The molecule has 0 saturated heterocycles. The Bertz CT molecular complexity index is 582. The predicted octanol–water partition coefficient (Wildman–Crippen LogP) is 3.46. The van der Waals surface area contributed by atoms with E-state index < -0.39 is 0 Å². The summed E-state index contributed by atoms with van der Waals surface area (Å²) in [6, 6.07) is 15.5. The van der Waals surface area contributed by atoms with Gasteiger partial charge in [0.2, 0.25) is 0 Å². The molecule has 0 aliphatic carbocycles. The molecule has 2 N–H and O–H groups in total. The van der Waals surface area contributed by atoms with E-state index in [9.17, 15) is 0 Å². The van der Waals surface area contributed by atoms with Crippen molar-refractivity contribution in [2.45, 2.75) is 6.92 Å². The number of rotatable bonds is 3. The summed E-state index contributed by atoms with van der Waals surface area (Å²) < 4.78 is 5.27. The number of hydrogen-bond acceptors (Lipinski definition) is 2. The molecule has 2 aromatic rings. The highest BCUT2D eigenvalue weighted by molar-refractivity contribution is 6.01. The first kappa shape index (κ1) is 15.1. The number of aryl methyl sites for hydroxylation is 1. The van der Waals surface area contributed by atoms with Crippen LogP contribution in [0.3, 0.4) is 0 Å². The molecule has 0 bridgehead atoms. The second-order valence-electron chi connectivity index (χ2n) is 3.98. The molecule has 2 rings (SSSR count). The highest BCUT2D eigenvalue weighted by Crippen LogP contribution is 2.21. The molecule has 2 aromatic carbocycles. The van der Waals surface area contributed by atoms with Crippen LogP contribution < -0.4 is 10.5 Å². The van der Waals surface area contributed by atoms with Crippen LogP contribution in [0.15, 0.2) is 53.5 Å². The number of hydrogen-bond donors (Lipinski definition) is 1. The van der Waals surface area contributed by atoms with E-state index in [2.05, 4.69) is 4.99 Å². The highest BCUT2D eigenvalue weighted by atomic mass is 35.5. The van der Waals surface area contributed by atoms with E-state index in [1.165, 1.54) is 0 Å². The number of amidine groups is 1. The van der Waals surface area contributed by atoms with Crippen molar-refractivity contribution in [1.29, 1.82) is 0 Å². The van der Waals surface area contributed by atoms with E-state index in [0.29, 0.717) is 5.84 Å². The quantitative estimate of drug-likeness (QED) is 0.689. The molecule has 0 atom stereocenters. The lowest BCUT2D eigenvalue weighted by molar-refractivity contribution is 0.414. The first-order chi connectivity index (χ1) is 8.72. The molecule has 3 nitrogen and oxygen atoms in total. The van der Waals surface area contributed by atoms with E-state index >= 15 is 0 Å². The third-order valence-corrected chi connectivity index (χ3v) is 2.74. The zero-order valence-corrected chi connectivity index (χ0v) is 11.8. The van der Waals surface area contributed by atoms with Gasteiger partial charge in [-0.1, -0.05) is 30.3 Å². The number of aliphatic imine (C=N–C) groups is 1. The first-order valence-electron chi connectivity index (χ1n) is 5.75. The van der Waals surface area contributed by atoms with Crippen molar-refractivity contribution in [3.63, 3.8) is 0 Å². The molecule has 0 aliphatic heterocycles. The Kier molecular flexibility index (Phi) is 5.39. The maximum atomic E-state index is 6.04. The third-order valence-electron chi connectivity index (χ3n) is 2.74. The van der Waals surface area contributed by atoms with E-state index in [4.69, 9.17) is 10.5 Å². The molecule has 100 valence electrons. The molecule has 0 aliphatic rings. The van der Waals surface area contributed by atoms with E-state index in [1.807, 2.05) is 55.5 Å². The summed E-state index contributed by atoms with van der Waals surface area (Å²) in [6.07, 6.45) is 0. The van der Waals surface area contributed by atoms with Gasteiger partial charge in [0, 0.05) is 0 Å². The number of nitrogens with zero attached hydrogens (tertiary/aromatic N) is 1. The van der Waals surface area contributed by atoms with Crippen molar-refractivity contribution in [2.24, 2.45) is 10.7 Å². The summed E-state index contributed by atoms with van der Waals surface area (Å²) in [5.74, 6) is 1.19. The van der Waals surface area contributed by atoms with Crippen molar-refractivity contribution in [2.75, 3.05) is 7.11 Å². The van der Waals surface area contributed by atoms with Crippen LogP contribution in [0.5, 0.6) is 5.75 Å². The van der Waals surface area contributed by atoms with Crippen LogP contribution in [0.1, 0.15) is 11.1 Å². The van der Waals surface area contributed by atoms with Gasteiger partial charge in [0.1, 0.15) is 11.6 Å². The number of para-hydroxylation sites is 2. The lowest BCUT2D eigenvalue weighted by atomic mass is 10.1. The Labute approximate surface area is 119 Å². The Morgan fingerprint density at radius 2 is 1.68 bits per heavy atom. The summed E-state index contributed by atoms with van der Waals surface area (Å²) in [5.41, 5.74) is 8.82. The molecule has 0 unspecified atom stereocenters. The monoisotopic (exact) mass is 276 g/mol.